The van der Waals surface area contributed by atoms with Gasteiger partial charge in [-0.05, 0) is 36.1 Å². The Morgan fingerprint density at radius 2 is 1.84 bits per heavy atom. The highest BCUT2D eigenvalue weighted by atomic mass is 35.5. The van der Waals surface area contributed by atoms with Gasteiger partial charge in [0.2, 0.25) is 5.78 Å². The Labute approximate surface area is 123 Å². The first-order valence-electron chi connectivity index (χ1n) is 6.21. The molecule has 0 N–H and O–H groups in total. The quantitative estimate of drug-likeness (QED) is 0.692. The van der Waals surface area contributed by atoms with Crippen molar-refractivity contribution < 1.29 is 4.79 Å². The highest BCUT2D eigenvalue weighted by molar-refractivity contribution is 7.14. The molecular formula is C16H17ClOS. The van der Waals surface area contributed by atoms with E-state index in [0.717, 1.165) is 10.4 Å². The fourth-order valence-corrected chi connectivity index (χ4v) is 3.04. The summed E-state index contributed by atoms with van der Waals surface area (Å²) in [6, 6.07) is 9.41. The molecule has 0 atom stereocenters. The van der Waals surface area contributed by atoms with Gasteiger partial charge < -0.3 is 0 Å². The molecule has 2 aromatic rings. The number of thiophene rings is 1. The van der Waals surface area contributed by atoms with Gasteiger partial charge in [-0.1, -0.05) is 44.5 Å². The first kappa shape index (κ1) is 14.3. The van der Waals surface area contributed by atoms with Crippen molar-refractivity contribution in [3.8, 4) is 0 Å². The summed E-state index contributed by atoms with van der Waals surface area (Å²) in [5.74, 6) is 0.0560. The van der Waals surface area contributed by atoms with Crippen LogP contribution < -0.4 is 0 Å². The first-order chi connectivity index (χ1) is 8.80. The smallest absolute Gasteiger partial charge is 0.203 e. The van der Waals surface area contributed by atoms with Crippen molar-refractivity contribution in [2.45, 2.75) is 33.1 Å². The third-order valence-electron chi connectivity index (χ3n) is 3.08. The summed E-state index contributed by atoms with van der Waals surface area (Å²) in [6.45, 7) is 8.33. The van der Waals surface area contributed by atoms with Gasteiger partial charge in [0.15, 0.2) is 0 Å². The number of carbonyl (C=O) groups excluding carboxylic acids is 1. The van der Waals surface area contributed by atoms with Crippen LogP contribution in [0.15, 0.2) is 30.3 Å². The molecule has 2 rings (SSSR count). The molecule has 3 heteroatoms. The van der Waals surface area contributed by atoms with Gasteiger partial charge in [-0.15, -0.1) is 11.3 Å². The SMILES string of the molecule is Cc1c(Cl)cccc1C(=O)c1ccc(C(C)(C)C)s1. The number of ketones is 1. The molecule has 1 nitrogen and oxygen atoms in total. The molecular weight excluding hydrogens is 276 g/mol. The molecule has 0 fully saturated rings. The molecule has 1 heterocycles. The van der Waals surface area contributed by atoms with Crippen LogP contribution in [0, 0.1) is 6.92 Å². The Morgan fingerprint density at radius 3 is 2.42 bits per heavy atom. The Balaban J connectivity index is 2.40. The third kappa shape index (κ3) is 2.90. The molecule has 1 aromatic heterocycles. The van der Waals surface area contributed by atoms with E-state index in [1.165, 1.54) is 4.88 Å². The van der Waals surface area contributed by atoms with Crippen LogP contribution in [0.2, 0.25) is 5.02 Å². The fourth-order valence-electron chi connectivity index (χ4n) is 1.85. The maximum Gasteiger partial charge on any atom is 0.203 e. The van der Waals surface area contributed by atoms with Crippen LogP contribution in [0.1, 0.15) is 46.4 Å². The van der Waals surface area contributed by atoms with Gasteiger partial charge in [0.25, 0.3) is 0 Å². The molecule has 0 saturated heterocycles. The van der Waals surface area contributed by atoms with Gasteiger partial charge in [0.1, 0.15) is 0 Å². The van der Waals surface area contributed by atoms with Crippen LogP contribution in [0.3, 0.4) is 0 Å². The number of halogens is 1. The highest BCUT2D eigenvalue weighted by Gasteiger charge is 2.20. The molecule has 0 unspecified atom stereocenters. The van der Waals surface area contributed by atoms with Gasteiger partial charge in [-0.25, -0.2) is 0 Å². The van der Waals surface area contributed by atoms with E-state index in [-0.39, 0.29) is 11.2 Å². The lowest BCUT2D eigenvalue weighted by molar-refractivity contribution is 0.104. The lowest BCUT2D eigenvalue weighted by atomic mass is 9.95. The lowest BCUT2D eigenvalue weighted by Gasteiger charge is -2.15. The van der Waals surface area contributed by atoms with Crippen LogP contribution in [0.4, 0.5) is 0 Å². The summed E-state index contributed by atoms with van der Waals surface area (Å²) in [5.41, 5.74) is 1.61. The zero-order valence-corrected chi connectivity index (χ0v) is 13.2. The predicted molar refractivity (Wildman–Crippen MR) is 82.6 cm³/mol. The normalized spacial score (nSPS) is 11.6. The lowest BCUT2D eigenvalue weighted by Crippen LogP contribution is -2.08. The topological polar surface area (TPSA) is 17.1 Å². The minimum absolute atomic E-state index is 0.0560. The van der Waals surface area contributed by atoms with Gasteiger partial charge in [-0.3, -0.25) is 4.79 Å². The van der Waals surface area contributed by atoms with E-state index in [9.17, 15) is 4.79 Å². The third-order valence-corrected chi connectivity index (χ3v) is 5.00. The van der Waals surface area contributed by atoms with Crippen molar-refractivity contribution in [2.75, 3.05) is 0 Å². The zero-order chi connectivity index (χ0) is 14.2. The highest BCUT2D eigenvalue weighted by Crippen LogP contribution is 2.31. The van der Waals surface area contributed by atoms with Gasteiger partial charge in [-0.2, -0.15) is 0 Å². The van der Waals surface area contributed by atoms with Crippen molar-refractivity contribution in [3.05, 3.63) is 56.2 Å². The van der Waals surface area contributed by atoms with E-state index in [1.807, 2.05) is 37.3 Å². The van der Waals surface area contributed by atoms with E-state index < -0.39 is 0 Å². The van der Waals surface area contributed by atoms with Crippen LogP contribution >= 0.6 is 22.9 Å². The number of rotatable bonds is 2. The summed E-state index contributed by atoms with van der Waals surface area (Å²) in [4.78, 5) is 14.5. The number of benzene rings is 1. The number of hydrogen-bond donors (Lipinski definition) is 0. The van der Waals surface area contributed by atoms with Crippen molar-refractivity contribution in [1.82, 2.24) is 0 Å². The van der Waals surface area contributed by atoms with E-state index in [1.54, 1.807) is 11.3 Å². The molecule has 0 radical (unpaired) electrons. The van der Waals surface area contributed by atoms with Crippen LogP contribution in [0.5, 0.6) is 0 Å². The molecule has 0 saturated carbocycles. The summed E-state index contributed by atoms with van der Waals surface area (Å²) in [7, 11) is 0. The van der Waals surface area contributed by atoms with Crippen molar-refractivity contribution >= 4 is 28.7 Å². The Morgan fingerprint density at radius 1 is 1.16 bits per heavy atom. The van der Waals surface area contributed by atoms with Crippen molar-refractivity contribution in [3.63, 3.8) is 0 Å². The van der Waals surface area contributed by atoms with Crippen molar-refractivity contribution in [1.29, 1.82) is 0 Å². The average molecular weight is 293 g/mol. The summed E-state index contributed by atoms with van der Waals surface area (Å²) in [6.07, 6.45) is 0. The van der Waals surface area contributed by atoms with Crippen LogP contribution in [-0.4, -0.2) is 5.78 Å². The summed E-state index contributed by atoms with van der Waals surface area (Å²) < 4.78 is 0. The number of carbonyl (C=O) groups is 1. The Bertz CT molecular complexity index is 620. The molecule has 100 valence electrons. The predicted octanol–water partition coefficient (Wildman–Crippen LogP) is 5.24. The molecule has 1 aromatic carbocycles. The standard InChI is InChI=1S/C16H17ClOS/c1-10-11(6-5-7-12(10)17)15(18)13-8-9-14(19-13)16(2,3)4/h5-9H,1-4H3. The summed E-state index contributed by atoms with van der Waals surface area (Å²) >= 11 is 7.64. The molecule has 0 aliphatic rings. The van der Waals surface area contributed by atoms with Gasteiger partial charge >= 0.3 is 0 Å². The fraction of sp³-hybridized carbons (Fsp3) is 0.312. The number of hydrogen-bond acceptors (Lipinski definition) is 2. The minimum Gasteiger partial charge on any atom is -0.288 e. The Hall–Kier alpha value is -1.12. The average Bonchev–Trinajstić information content (AvgIpc) is 2.81. The van der Waals surface area contributed by atoms with Crippen LogP contribution in [0.25, 0.3) is 0 Å². The van der Waals surface area contributed by atoms with Gasteiger partial charge in [0, 0.05) is 15.5 Å². The van der Waals surface area contributed by atoms with E-state index in [0.29, 0.717) is 10.6 Å². The van der Waals surface area contributed by atoms with E-state index in [4.69, 9.17) is 11.6 Å². The zero-order valence-electron chi connectivity index (χ0n) is 11.6. The largest absolute Gasteiger partial charge is 0.288 e. The maximum atomic E-state index is 12.5. The second kappa shape index (κ2) is 5.10. The minimum atomic E-state index is 0.0560. The Kier molecular flexibility index (Phi) is 3.84. The molecule has 0 amide bonds. The first-order valence-corrected chi connectivity index (χ1v) is 7.40. The molecule has 0 aliphatic carbocycles. The van der Waals surface area contributed by atoms with Gasteiger partial charge in [0.05, 0.1) is 4.88 Å². The van der Waals surface area contributed by atoms with E-state index >= 15 is 0 Å². The molecule has 0 bridgehead atoms. The molecule has 19 heavy (non-hydrogen) atoms. The maximum absolute atomic E-state index is 12.5. The molecule has 0 aliphatic heterocycles. The molecule has 0 spiro atoms. The van der Waals surface area contributed by atoms with Crippen LogP contribution in [-0.2, 0) is 5.41 Å². The van der Waals surface area contributed by atoms with Crippen molar-refractivity contribution in [2.24, 2.45) is 0 Å². The van der Waals surface area contributed by atoms with E-state index in [2.05, 4.69) is 20.8 Å². The second-order valence-corrected chi connectivity index (χ2v) is 7.15. The monoisotopic (exact) mass is 292 g/mol. The summed E-state index contributed by atoms with van der Waals surface area (Å²) in [5, 5.41) is 0.637. The second-order valence-electron chi connectivity index (χ2n) is 5.66.